The van der Waals surface area contributed by atoms with Crippen LogP contribution >= 0.6 is 11.7 Å². The van der Waals surface area contributed by atoms with Gasteiger partial charge in [-0.15, -0.1) is 0 Å². The normalized spacial score (nSPS) is 30.5. The van der Waals surface area contributed by atoms with Crippen molar-refractivity contribution in [3.8, 4) is 0 Å². The molecule has 1 unspecified atom stereocenters. The Morgan fingerprint density at radius 3 is 2.64 bits per heavy atom. The first-order valence-corrected chi connectivity index (χ1v) is 10.5. The van der Waals surface area contributed by atoms with Gasteiger partial charge in [-0.2, -0.15) is 8.75 Å². The minimum atomic E-state index is -3.46. The first kappa shape index (κ1) is 16.9. The molecule has 4 heterocycles. The maximum absolute atomic E-state index is 12.5. The molecule has 4 rings (SSSR count). The standard InChI is InChI=1S/C14H17N3O6S2/c1-2-5-25(20,21)11-10(15-24-16-11)9-7-17-6-8(9)3-4-14(17)22-12(18)13(19)23-14/h8-9H,2-7H2,1H3/t8-,9-/m1/s1. The number of hydrogen-bond donors (Lipinski definition) is 0. The van der Waals surface area contributed by atoms with Gasteiger partial charge in [-0.05, 0) is 18.8 Å². The van der Waals surface area contributed by atoms with Crippen molar-refractivity contribution < 1.29 is 27.5 Å². The van der Waals surface area contributed by atoms with Gasteiger partial charge in [0, 0.05) is 25.4 Å². The Hall–Kier alpha value is -1.59. The van der Waals surface area contributed by atoms with E-state index in [9.17, 15) is 18.0 Å². The fraction of sp³-hybridized carbons (Fsp3) is 0.714. The number of esters is 2. The van der Waals surface area contributed by atoms with Gasteiger partial charge >= 0.3 is 17.8 Å². The summed E-state index contributed by atoms with van der Waals surface area (Å²) in [6, 6.07) is 0. The fourth-order valence-electron chi connectivity index (χ4n) is 3.90. The number of fused-ring (bicyclic) bond motifs is 3. The van der Waals surface area contributed by atoms with E-state index in [-0.39, 0.29) is 22.6 Å². The molecular formula is C14H17N3O6S2. The van der Waals surface area contributed by atoms with Crippen molar-refractivity contribution in [1.82, 2.24) is 13.6 Å². The van der Waals surface area contributed by atoms with Crippen molar-refractivity contribution in [1.29, 1.82) is 0 Å². The van der Waals surface area contributed by atoms with Crippen LogP contribution in [0.1, 0.15) is 37.8 Å². The highest BCUT2D eigenvalue weighted by molar-refractivity contribution is 7.91. The molecule has 2 bridgehead atoms. The van der Waals surface area contributed by atoms with E-state index in [2.05, 4.69) is 8.75 Å². The third-order valence-corrected chi connectivity index (χ3v) is 7.52. The number of aromatic nitrogens is 2. The Morgan fingerprint density at radius 2 is 1.96 bits per heavy atom. The predicted octanol–water partition coefficient (Wildman–Crippen LogP) is 0.285. The average Bonchev–Trinajstić information content (AvgIpc) is 3.22. The first-order chi connectivity index (χ1) is 11.9. The molecule has 0 radical (unpaired) electrons. The summed E-state index contributed by atoms with van der Waals surface area (Å²) in [5, 5.41) is 0.0626. The highest BCUT2D eigenvalue weighted by Gasteiger charge is 2.60. The van der Waals surface area contributed by atoms with Crippen molar-refractivity contribution in [2.75, 3.05) is 18.8 Å². The molecule has 1 spiro atoms. The molecule has 1 aromatic heterocycles. The van der Waals surface area contributed by atoms with E-state index in [1.165, 1.54) is 0 Å². The molecule has 0 saturated carbocycles. The maximum Gasteiger partial charge on any atom is 0.421 e. The monoisotopic (exact) mass is 387 g/mol. The predicted molar refractivity (Wildman–Crippen MR) is 84.2 cm³/mol. The summed E-state index contributed by atoms with van der Waals surface area (Å²) in [6.07, 6.45) is 1.53. The van der Waals surface area contributed by atoms with Gasteiger partial charge < -0.3 is 9.47 Å². The quantitative estimate of drug-likeness (QED) is 0.530. The SMILES string of the molecule is CCCS(=O)(=O)c1nsnc1[C@@H]1CN2C[C@H]1CCC21OC(=O)C(=O)O1. The molecule has 3 aliphatic rings. The van der Waals surface area contributed by atoms with Crippen LogP contribution in [0.15, 0.2) is 5.03 Å². The van der Waals surface area contributed by atoms with Crippen molar-refractivity contribution in [3.05, 3.63) is 5.69 Å². The first-order valence-electron chi connectivity index (χ1n) is 8.13. The lowest BCUT2D eigenvalue weighted by Crippen LogP contribution is -2.51. The number of hydrogen-bond acceptors (Lipinski definition) is 10. The second kappa shape index (κ2) is 5.71. The van der Waals surface area contributed by atoms with E-state index in [1.54, 1.807) is 11.8 Å². The van der Waals surface area contributed by atoms with E-state index in [0.717, 1.165) is 11.7 Å². The number of ether oxygens (including phenoxy) is 2. The highest BCUT2D eigenvalue weighted by atomic mass is 32.2. The number of nitrogens with zero attached hydrogens (tertiary/aromatic N) is 3. The molecular weight excluding hydrogens is 370 g/mol. The van der Waals surface area contributed by atoms with Crippen LogP contribution in [0.4, 0.5) is 0 Å². The number of carbonyl (C=O) groups is 2. The molecule has 11 heteroatoms. The van der Waals surface area contributed by atoms with E-state index in [4.69, 9.17) is 9.47 Å². The smallest absolute Gasteiger partial charge is 0.400 e. The Balaban J connectivity index is 1.63. The maximum atomic E-state index is 12.5. The summed E-state index contributed by atoms with van der Waals surface area (Å²) in [5.41, 5.74) is 0.485. The van der Waals surface area contributed by atoms with E-state index < -0.39 is 27.7 Å². The lowest BCUT2D eigenvalue weighted by atomic mass is 9.88. The van der Waals surface area contributed by atoms with Gasteiger partial charge in [0.25, 0.3) is 0 Å². The summed E-state index contributed by atoms with van der Waals surface area (Å²) in [5.74, 6) is -3.26. The summed E-state index contributed by atoms with van der Waals surface area (Å²) in [4.78, 5) is 24.7. The number of rotatable bonds is 4. The van der Waals surface area contributed by atoms with Crippen LogP contribution in [-0.4, -0.2) is 58.8 Å². The lowest BCUT2D eigenvalue weighted by molar-refractivity contribution is -0.257. The van der Waals surface area contributed by atoms with Crippen molar-refractivity contribution in [2.24, 2.45) is 5.92 Å². The van der Waals surface area contributed by atoms with Gasteiger partial charge in [0.05, 0.1) is 23.2 Å². The fourth-order valence-corrected chi connectivity index (χ4v) is 6.27. The molecule has 25 heavy (non-hydrogen) atoms. The Morgan fingerprint density at radius 1 is 1.24 bits per heavy atom. The van der Waals surface area contributed by atoms with Crippen LogP contribution < -0.4 is 0 Å². The van der Waals surface area contributed by atoms with Gasteiger partial charge in [0.15, 0.2) is 14.9 Å². The molecule has 1 aromatic rings. The second-order valence-corrected chi connectivity index (χ2v) is 9.13. The zero-order chi connectivity index (χ0) is 17.8. The van der Waals surface area contributed by atoms with Gasteiger partial charge in [-0.1, -0.05) is 6.92 Å². The van der Waals surface area contributed by atoms with E-state index in [0.29, 0.717) is 38.0 Å². The van der Waals surface area contributed by atoms with E-state index >= 15 is 0 Å². The molecule has 3 saturated heterocycles. The molecule has 9 nitrogen and oxygen atoms in total. The molecule has 0 amide bonds. The van der Waals surface area contributed by atoms with Crippen molar-refractivity contribution in [3.63, 3.8) is 0 Å². The van der Waals surface area contributed by atoms with Crippen LogP contribution in [0.25, 0.3) is 0 Å². The third-order valence-electron chi connectivity index (χ3n) is 5.03. The summed E-state index contributed by atoms with van der Waals surface area (Å²) < 4.78 is 43.6. The minimum Gasteiger partial charge on any atom is -0.400 e. The van der Waals surface area contributed by atoms with Gasteiger partial charge in [-0.3, -0.25) is 0 Å². The van der Waals surface area contributed by atoms with Gasteiger partial charge in [-0.25, -0.2) is 22.9 Å². The van der Waals surface area contributed by atoms with Crippen LogP contribution in [0.2, 0.25) is 0 Å². The Labute approximate surface area is 148 Å². The second-order valence-electron chi connectivity index (χ2n) is 6.58. The summed E-state index contributed by atoms with van der Waals surface area (Å²) in [6.45, 7) is 2.76. The van der Waals surface area contributed by atoms with Crippen LogP contribution in [0, 0.1) is 5.92 Å². The molecule has 0 aliphatic carbocycles. The summed E-state index contributed by atoms with van der Waals surface area (Å²) >= 11 is 0.896. The third kappa shape index (κ3) is 2.56. The lowest BCUT2D eigenvalue weighted by Gasteiger charge is -2.37. The number of carbonyl (C=O) groups excluding carboxylic acids is 2. The van der Waals surface area contributed by atoms with Gasteiger partial charge in [0.2, 0.25) is 0 Å². The Bertz CT molecular complexity index is 819. The van der Waals surface area contributed by atoms with Gasteiger partial charge in [0.1, 0.15) is 0 Å². The molecule has 3 aliphatic heterocycles. The van der Waals surface area contributed by atoms with Crippen LogP contribution in [0.3, 0.4) is 0 Å². The zero-order valence-corrected chi connectivity index (χ0v) is 15.1. The molecule has 3 atom stereocenters. The average molecular weight is 387 g/mol. The minimum absolute atomic E-state index is 0.0334. The summed E-state index contributed by atoms with van der Waals surface area (Å²) in [7, 11) is -3.46. The molecule has 0 N–H and O–H groups in total. The molecule has 136 valence electrons. The number of piperidine rings is 1. The highest BCUT2D eigenvalue weighted by Crippen LogP contribution is 2.48. The van der Waals surface area contributed by atoms with Crippen LogP contribution in [-0.2, 0) is 28.9 Å². The zero-order valence-electron chi connectivity index (χ0n) is 13.5. The van der Waals surface area contributed by atoms with Crippen LogP contribution in [0.5, 0.6) is 0 Å². The number of sulfone groups is 1. The largest absolute Gasteiger partial charge is 0.421 e. The molecule has 3 fully saturated rings. The van der Waals surface area contributed by atoms with Crippen molar-refractivity contribution in [2.45, 2.75) is 43.0 Å². The Kier molecular flexibility index (Phi) is 3.85. The topological polar surface area (TPSA) is 116 Å². The van der Waals surface area contributed by atoms with E-state index in [1.807, 2.05) is 0 Å². The van der Waals surface area contributed by atoms with Crippen molar-refractivity contribution >= 4 is 33.5 Å². The molecule has 0 aromatic carbocycles.